The van der Waals surface area contributed by atoms with Gasteiger partial charge < -0.3 is 45.3 Å². The maximum absolute atomic E-state index is 11.7. The molecule has 186 valence electrons. The second-order valence-electron chi connectivity index (χ2n) is 8.98. The average Bonchev–Trinajstić information content (AvgIpc) is 3.18. The van der Waals surface area contributed by atoms with Crippen LogP contribution in [0.15, 0.2) is 65.1 Å². The Labute approximate surface area is 208 Å². The average molecular weight is 500 g/mol. The molecule has 9 heteroatoms. The van der Waals surface area contributed by atoms with Gasteiger partial charge in [-0.15, -0.1) is 0 Å². The number of aromatic hydroxyl groups is 7. The molecule has 1 aliphatic rings. The number of hydrogen-bond acceptors (Lipinski definition) is 9. The second-order valence-corrected chi connectivity index (χ2v) is 8.98. The molecule has 0 aliphatic heterocycles. The lowest BCUT2D eigenvalue weighted by atomic mass is 9.81. The predicted octanol–water partition coefficient (Wildman–Crippen LogP) is 4.88. The number of phenolic OH excluding ortho intramolecular Hbond substituents is 7. The number of benzene rings is 4. The van der Waals surface area contributed by atoms with Crippen molar-refractivity contribution in [3.05, 3.63) is 77.4 Å². The molecule has 1 aliphatic carbocycles. The summed E-state index contributed by atoms with van der Waals surface area (Å²) in [5, 5.41) is 85.0. The van der Waals surface area contributed by atoms with E-state index in [1.807, 2.05) is 0 Å². The molecule has 9 nitrogen and oxygen atoms in total. The third kappa shape index (κ3) is 3.21. The van der Waals surface area contributed by atoms with Crippen molar-refractivity contribution in [2.75, 3.05) is 0 Å². The highest BCUT2D eigenvalue weighted by atomic mass is 16.3. The summed E-state index contributed by atoms with van der Waals surface area (Å²) < 4.78 is 6.05. The van der Waals surface area contributed by atoms with Crippen LogP contribution in [-0.2, 0) is 0 Å². The van der Waals surface area contributed by atoms with Gasteiger partial charge in [-0.3, -0.25) is 0 Å². The fourth-order valence-corrected chi connectivity index (χ4v) is 5.18. The van der Waals surface area contributed by atoms with Crippen LogP contribution in [0.5, 0.6) is 40.2 Å². The first-order chi connectivity index (χ1) is 17.7. The van der Waals surface area contributed by atoms with Gasteiger partial charge in [0.2, 0.25) is 0 Å². The number of hydrogen-bond donors (Lipinski definition) is 8. The van der Waals surface area contributed by atoms with Crippen molar-refractivity contribution in [2.24, 2.45) is 0 Å². The van der Waals surface area contributed by atoms with Crippen LogP contribution < -0.4 is 0 Å². The topological polar surface area (TPSA) is 175 Å². The smallest absolute Gasteiger partial charge is 0.166 e. The van der Waals surface area contributed by atoms with Crippen LogP contribution in [0.25, 0.3) is 33.4 Å². The summed E-state index contributed by atoms with van der Waals surface area (Å²) in [5.41, 5.74) is 1.32. The molecular formula is C28H20O9. The van der Waals surface area contributed by atoms with Crippen molar-refractivity contribution in [1.29, 1.82) is 0 Å². The molecule has 1 heterocycles. The Morgan fingerprint density at radius 2 is 1.35 bits per heavy atom. The van der Waals surface area contributed by atoms with Crippen LogP contribution in [0, 0.1) is 0 Å². The first kappa shape index (κ1) is 22.4. The Morgan fingerprint density at radius 3 is 2.05 bits per heavy atom. The number of fused-ring (bicyclic) bond motifs is 2. The maximum atomic E-state index is 11.7. The normalized spacial score (nSPS) is 16.5. The second kappa shape index (κ2) is 7.74. The van der Waals surface area contributed by atoms with Crippen LogP contribution in [0.2, 0.25) is 0 Å². The molecule has 0 amide bonds. The van der Waals surface area contributed by atoms with Gasteiger partial charge in [-0.2, -0.15) is 0 Å². The molecule has 0 radical (unpaired) electrons. The van der Waals surface area contributed by atoms with Crippen molar-refractivity contribution in [3.63, 3.8) is 0 Å². The van der Waals surface area contributed by atoms with Crippen molar-refractivity contribution in [1.82, 2.24) is 0 Å². The van der Waals surface area contributed by atoms with Crippen molar-refractivity contribution >= 4 is 11.0 Å². The quantitative estimate of drug-likeness (QED) is 0.124. The Balaban J connectivity index is 1.80. The zero-order valence-corrected chi connectivity index (χ0v) is 18.9. The zero-order valence-electron chi connectivity index (χ0n) is 18.9. The van der Waals surface area contributed by atoms with E-state index in [-0.39, 0.29) is 56.4 Å². The van der Waals surface area contributed by atoms with E-state index >= 15 is 0 Å². The number of aliphatic hydroxyl groups is 1. The van der Waals surface area contributed by atoms with Crippen molar-refractivity contribution in [2.45, 2.75) is 12.0 Å². The SMILES string of the molecule is Oc1ccc([C@H]2c3c(O)cc(O)c(O)c3-c3c(-c4ccc(O)c(O)c4)oc4cc(O)cc(c34)[C@@H]2O)cc1. The highest BCUT2D eigenvalue weighted by molar-refractivity contribution is 6.08. The summed E-state index contributed by atoms with van der Waals surface area (Å²) in [7, 11) is 0. The van der Waals surface area contributed by atoms with Crippen LogP contribution in [0.3, 0.4) is 0 Å². The molecule has 37 heavy (non-hydrogen) atoms. The molecule has 1 aromatic heterocycles. The summed E-state index contributed by atoms with van der Waals surface area (Å²) in [6.45, 7) is 0. The van der Waals surface area contributed by atoms with Gasteiger partial charge in [0.05, 0.1) is 6.10 Å². The lowest BCUT2D eigenvalue weighted by molar-refractivity contribution is 0.159. The van der Waals surface area contributed by atoms with Gasteiger partial charge in [-0.1, -0.05) is 12.1 Å². The largest absolute Gasteiger partial charge is 0.508 e. The van der Waals surface area contributed by atoms with E-state index in [0.29, 0.717) is 10.9 Å². The van der Waals surface area contributed by atoms with Crippen LogP contribution in [-0.4, -0.2) is 40.9 Å². The Bertz CT molecular complexity index is 1720. The highest BCUT2D eigenvalue weighted by Gasteiger charge is 2.40. The zero-order chi connectivity index (χ0) is 26.2. The molecule has 0 fully saturated rings. The van der Waals surface area contributed by atoms with Crippen molar-refractivity contribution < 1.29 is 45.3 Å². The van der Waals surface area contributed by atoms with E-state index in [4.69, 9.17) is 4.42 Å². The molecule has 6 rings (SSSR count). The Hall–Kier alpha value is -5.02. The molecule has 0 unspecified atom stereocenters. The van der Waals surface area contributed by atoms with E-state index in [2.05, 4.69) is 0 Å². The van der Waals surface area contributed by atoms with Gasteiger partial charge >= 0.3 is 0 Å². The van der Waals surface area contributed by atoms with Crippen LogP contribution in [0.1, 0.15) is 28.7 Å². The summed E-state index contributed by atoms with van der Waals surface area (Å²) >= 11 is 0. The minimum Gasteiger partial charge on any atom is -0.508 e. The number of phenols is 7. The predicted molar refractivity (Wildman–Crippen MR) is 132 cm³/mol. The fraction of sp³-hybridized carbons (Fsp3) is 0.0714. The molecule has 8 N–H and O–H groups in total. The van der Waals surface area contributed by atoms with Gasteiger partial charge in [-0.05, 0) is 47.5 Å². The lowest BCUT2D eigenvalue weighted by Crippen LogP contribution is -2.12. The molecule has 5 aromatic rings. The molecule has 2 atom stereocenters. The van der Waals surface area contributed by atoms with Gasteiger partial charge in [0, 0.05) is 45.7 Å². The first-order valence-corrected chi connectivity index (χ1v) is 11.2. The lowest BCUT2D eigenvalue weighted by Gasteiger charge is -2.26. The van der Waals surface area contributed by atoms with E-state index in [9.17, 15) is 40.9 Å². The number of rotatable bonds is 2. The molecule has 0 bridgehead atoms. The number of aliphatic hydroxyl groups excluding tert-OH is 1. The Morgan fingerprint density at radius 1 is 0.622 bits per heavy atom. The third-order valence-corrected chi connectivity index (χ3v) is 6.79. The Kier molecular flexibility index (Phi) is 4.70. The van der Waals surface area contributed by atoms with Crippen LogP contribution in [0.4, 0.5) is 0 Å². The fourth-order valence-electron chi connectivity index (χ4n) is 5.18. The third-order valence-electron chi connectivity index (χ3n) is 6.79. The van der Waals surface area contributed by atoms with Gasteiger partial charge in [-0.25, -0.2) is 0 Å². The maximum Gasteiger partial charge on any atom is 0.166 e. The molecule has 4 aromatic carbocycles. The van der Waals surface area contributed by atoms with Gasteiger partial charge in [0.1, 0.15) is 28.6 Å². The number of furan rings is 1. The first-order valence-electron chi connectivity index (χ1n) is 11.2. The van der Waals surface area contributed by atoms with E-state index in [1.54, 1.807) is 12.1 Å². The van der Waals surface area contributed by atoms with Crippen LogP contribution >= 0.6 is 0 Å². The summed E-state index contributed by atoms with van der Waals surface area (Å²) in [6.07, 6.45) is -1.38. The van der Waals surface area contributed by atoms with E-state index in [1.165, 1.54) is 42.5 Å². The summed E-state index contributed by atoms with van der Waals surface area (Å²) in [5.74, 6) is -3.60. The summed E-state index contributed by atoms with van der Waals surface area (Å²) in [4.78, 5) is 0. The molecule has 0 spiro atoms. The van der Waals surface area contributed by atoms with Gasteiger partial charge in [0.25, 0.3) is 0 Å². The summed E-state index contributed by atoms with van der Waals surface area (Å²) in [6, 6.07) is 13.5. The molecular weight excluding hydrogens is 480 g/mol. The van der Waals surface area contributed by atoms with E-state index in [0.717, 1.165) is 6.07 Å². The van der Waals surface area contributed by atoms with Gasteiger partial charge in [0.15, 0.2) is 23.0 Å². The molecule has 0 saturated heterocycles. The standard InChI is InChI=1S/C28H20O9/c29-13-4-1-11(2-5-13)21-23-18(33)10-19(34)27(36)24(23)25-22-15(26(21)35)8-14(30)9-20(22)37-28(25)12-3-6-16(31)17(32)7-12/h1-10,21,26,29-36H/t21-,26-/m0/s1. The minimum atomic E-state index is -1.38. The molecule has 0 saturated carbocycles. The van der Waals surface area contributed by atoms with Crippen molar-refractivity contribution in [3.8, 4) is 62.7 Å². The van der Waals surface area contributed by atoms with E-state index < -0.39 is 35.0 Å². The monoisotopic (exact) mass is 500 g/mol. The highest BCUT2D eigenvalue weighted by Crippen LogP contribution is 2.59. The minimum absolute atomic E-state index is 0.0188.